The van der Waals surface area contributed by atoms with Crippen LogP contribution in [0.25, 0.3) is 0 Å². The van der Waals surface area contributed by atoms with Gasteiger partial charge in [0.25, 0.3) is 0 Å². The third-order valence-corrected chi connectivity index (χ3v) is 1.76. The Morgan fingerprint density at radius 3 is 2.00 bits per heavy atom. The van der Waals surface area contributed by atoms with E-state index in [1.54, 1.807) is 0 Å². The van der Waals surface area contributed by atoms with E-state index in [-0.39, 0.29) is 0 Å². The maximum absolute atomic E-state index is 2.18. The summed E-state index contributed by atoms with van der Waals surface area (Å²) in [6.45, 7) is 8.40. The van der Waals surface area contributed by atoms with Gasteiger partial charge in [0.15, 0.2) is 0 Å². The van der Waals surface area contributed by atoms with Crippen molar-refractivity contribution in [2.75, 3.05) is 0 Å². The molecule has 0 spiro atoms. The van der Waals surface area contributed by atoms with Crippen LogP contribution in [0.2, 0.25) is 0 Å². The summed E-state index contributed by atoms with van der Waals surface area (Å²) >= 11 is 0. The molecular weight excluding hydrogens is 132 g/mol. The summed E-state index contributed by atoms with van der Waals surface area (Å²) in [5.74, 6) is 0. The van der Waals surface area contributed by atoms with E-state index in [9.17, 15) is 0 Å². The van der Waals surface area contributed by atoms with Crippen molar-refractivity contribution in [2.24, 2.45) is 0 Å². The zero-order chi connectivity index (χ0) is 8.69. The average molecular weight is 150 g/mol. The maximum atomic E-state index is 2.18. The number of hydrogen-bond acceptors (Lipinski definition) is 0. The van der Waals surface area contributed by atoms with Crippen molar-refractivity contribution in [3.05, 3.63) is 35.5 Å². The van der Waals surface area contributed by atoms with Gasteiger partial charge in [-0.2, -0.15) is 0 Å². The molecule has 0 N–H and O–H groups in total. The molecule has 0 bridgehead atoms. The van der Waals surface area contributed by atoms with Gasteiger partial charge in [-0.3, -0.25) is 0 Å². The van der Waals surface area contributed by atoms with E-state index in [2.05, 4.69) is 45.1 Å². The summed E-state index contributed by atoms with van der Waals surface area (Å²) in [7, 11) is 0. The normalized spacial score (nSPS) is 14.5. The summed E-state index contributed by atoms with van der Waals surface area (Å²) in [6, 6.07) is 0. The Hall–Kier alpha value is -0.780. The molecule has 0 atom stereocenters. The lowest BCUT2D eigenvalue weighted by molar-refractivity contribution is 1.11. The fourth-order valence-corrected chi connectivity index (χ4v) is 1.14. The minimum atomic E-state index is 1.11. The van der Waals surface area contributed by atoms with Gasteiger partial charge in [0.1, 0.15) is 0 Å². The molecule has 0 fully saturated rings. The van der Waals surface area contributed by atoms with Gasteiger partial charge in [-0.05, 0) is 38.3 Å². The molecule has 0 radical (unpaired) electrons. The fraction of sp³-hybridized carbons (Fsp3) is 0.455. The smallest absolute Gasteiger partial charge is 0.0274 e. The molecular formula is C11H18. The molecule has 0 aliphatic carbocycles. The van der Waals surface area contributed by atoms with Crippen LogP contribution in [0.3, 0.4) is 0 Å². The Labute approximate surface area is 70.3 Å². The molecule has 0 unspecified atom stereocenters. The zero-order valence-electron chi connectivity index (χ0n) is 8.02. The van der Waals surface area contributed by atoms with Crippen molar-refractivity contribution in [2.45, 2.75) is 34.1 Å². The van der Waals surface area contributed by atoms with Crippen LogP contribution in [0, 0.1) is 0 Å². The van der Waals surface area contributed by atoms with Gasteiger partial charge in [0.05, 0.1) is 0 Å². The average Bonchev–Trinajstić information content (AvgIpc) is 2.05. The molecule has 11 heavy (non-hydrogen) atoms. The summed E-state index contributed by atoms with van der Waals surface area (Å²) in [4.78, 5) is 0. The van der Waals surface area contributed by atoms with Crippen LogP contribution in [0.1, 0.15) is 34.1 Å². The number of allylic oxidation sites excluding steroid dienone is 6. The Morgan fingerprint density at radius 1 is 1.09 bits per heavy atom. The molecule has 0 aromatic heterocycles. The highest BCUT2D eigenvalue weighted by molar-refractivity contribution is 5.38. The topological polar surface area (TPSA) is 0 Å². The summed E-state index contributed by atoms with van der Waals surface area (Å²) in [6.07, 6.45) is 9.67. The predicted octanol–water partition coefficient (Wildman–Crippen LogP) is 3.87. The van der Waals surface area contributed by atoms with Crippen molar-refractivity contribution in [3.8, 4) is 0 Å². The monoisotopic (exact) mass is 150 g/mol. The highest BCUT2D eigenvalue weighted by Crippen LogP contribution is 2.14. The predicted molar refractivity (Wildman–Crippen MR) is 52.6 cm³/mol. The molecule has 0 amide bonds. The third-order valence-electron chi connectivity index (χ3n) is 1.76. The van der Waals surface area contributed by atoms with Crippen LogP contribution >= 0.6 is 0 Å². The van der Waals surface area contributed by atoms with Crippen LogP contribution in [0.4, 0.5) is 0 Å². The Morgan fingerprint density at radius 2 is 1.73 bits per heavy atom. The highest BCUT2D eigenvalue weighted by Gasteiger charge is 1.94. The van der Waals surface area contributed by atoms with Crippen molar-refractivity contribution in [1.29, 1.82) is 0 Å². The molecule has 0 saturated heterocycles. The second-order valence-corrected chi connectivity index (χ2v) is 2.41. The molecule has 0 saturated carbocycles. The molecule has 0 heterocycles. The largest absolute Gasteiger partial charge is 0.0871 e. The van der Waals surface area contributed by atoms with Crippen LogP contribution in [-0.2, 0) is 0 Å². The SMILES string of the molecule is CC=C(/C=C\C)/C(=C/C)CC. The van der Waals surface area contributed by atoms with Gasteiger partial charge in [0, 0.05) is 0 Å². The van der Waals surface area contributed by atoms with Gasteiger partial charge in [-0.15, -0.1) is 0 Å². The lowest BCUT2D eigenvalue weighted by Gasteiger charge is -2.03. The number of rotatable bonds is 3. The standard InChI is InChI=1S/C11H18/c1-5-9-11(8-4)10(6-2)7-3/h5-6,8-9H,7H2,1-4H3/b9-5-,10-6+,11-8?. The van der Waals surface area contributed by atoms with E-state index in [1.165, 1.54) is 11.1 Å². The van der Waals surface area contributed by atoms with E-state index in [1.807, 2.05) is 6.92 Å². The van der Waals surface area contributed by atoms with Gasteiger partial charge in [-0.1, -0.05) is 31.2 Å². The molecule has 0 aliphatic heterocycles. The van der Waals surface area contributed by atoms with Crippen molar-refractivity contribution in [1.82, 2.24) is 0 Å². The second kappa shape index (κ2) is 5.96. The Kier molecular flexibility index (Phi) is 5.54. The third kappa shape index (κ3) is 3.22. The molecule has 62 valence electrons. The van der Waals surface area contributed by atoms with Crippen molar-refractivity contribution >= 4 is 0 Å². The molecule has 0 aromatic rings. The first kappa shape index (κ1) is 10.2. The first-order valence-corrected chi connectivity index (χ1v) is 4.24. The van der Waals surface area contributed by atoms with Gasteiger partial charge < -0.3 is 0 Å². The van der Waals surface area contributed by atoms with E-state index in [0.29, 0.717) is 0 Å². The van der Waals surface area contributed by atoms with E-state index < -0.39 is 0 Å². The lowest BCUT2D eigenvalue weighted by Crippen LogP contribution is -1.83. The first-order valence-electron chi connectivity index (χ1n) is 4.24. The Bertz CT molecular complexity index is 180. The molecule has 0 nitrogen and oxygen atoms in total. The lowest BCUT2D eigenvalue weighted by atomic mass is 10.0. The Balaban J connectivity index is 4.50. The molecule has 0 heteroatoms. The summed E-state index contributed by atoms with van der Waals surface area (Å²) in [5.41, 5.74) is 2.77. The van der Waals surface area contributed by atoms with E-state index >= 15 is 0 Å². The van der Waals surface area contributed by atoms with Crippen molar-refractivity contribution in [3.63, 3.8) is 0 Å². The highest BCUT2D eigenvalue weighted by atomic mass is 14.0. The van der Waals surface area contributed by atoms with Crippen molar-refractivity contribution < 1.29 is 0 Å². The van der Waals surface area contributed by atoms with Crippen LogP contribution in [0.15, 0.2) is 35.5 Å². The maximum Gasteiger partial charge on any atom is -0.0274 e. The molecule has 0 aliphatic rings. The first-order chi connectivity index (χ1) is 5.29. The minimum Gasteiger partial charge on any atom is -0.0871 e. The van der Waals surface area contributed by atoms with Gasteiger partial charge >= 0.3 is 0 Å². The molecule has 0 rings (SSSR count). The van der Waals surface area contributed by atoms with Gasteiger partial charge in [-0.25, -0.2) is 0 Å². The quantitative estimate of drug-likeness (QED) is 0.536. The number of hydrogen-bond donors (Lipinski definition) is 0. The summed E-state index contributed by atoms with van der Waals surface area (Å²) < 4.78 is 0. The van der Waals surface area contributed by atoms with Gasteiger partial charge in [0.2, 0.25) is 0 Å². The van der Waals surface area contributed by atoms with Crippen LogP contribution in [-0.4, -0.2) is 0 Å². The summed E-state index contributed by atoms with van der Waals surface area (Å²) in [5, 5.41) is 0. The van der Waals surface area contributed by atoms with Crippen LogP contribution in [0.5, 0.6) is 0 Å². The minimum absolute atomic E-state index is 1.11. The fourth-order valence-electron chi connectivity index (χ4n) is 1.14. The second-order valence-electron chi connectivity index (χ2n) is 2.41. The van der Waals surface area contributed by atoms with Crippen LogP contribution < -0.4 is 0 Å². The van der Waals surface area contributed by atoms with E-state index in [4.69, 9.17) is 0 Å². The molecule has 0 aromatic carbocycles. The van der Waals surface area contributed by atoms with E-state index in [0.717, 1.165) is 6.42 Å². The zero-order valence-corrected chi connectivity index (χ0v) is 8.02.